The molecule has 0 amide bonds. The highest BCUT2D eigenvalue weighted by molar-refractivity contribution is 5.96. The number of phenolic OH excluding ortho intramolecular Hbond substituents is 1. The van der Waals surface area contributed by atoms with E-state index in [0.717, 1.165) is 17.3 Å². The molecule has 16 heavy (non-hydrogen) atoms. The predicted molar refractivity (Wildman–Crippen MR) is 67.1 cm³/mol. The third-order valence-electron chi connectivity index (χ3n) is 3.44. The van der Waals surface area contributed by atoms with Crippen molar-refractivity contribution < 1.29 is 5.11 Å². The number of aromatic hydroxyl groups is 1. The maximum atomic E-state index is 9.85. The van der Waals surface area contributed by atoms with Crippen molar-refractivity contribution in [2.75, 3.05) is 11.9 Å². The number of fused-ring (bicyclic) bond motifs is 3. The van der Waals surface area contributed by atoms with E-state index in [4.69, 9.17) is 0 Å². The van der Waals surface area contributed by atoms with E-state index in [1.54, 1.807) is 6.07 Å². The number of anilines is 1. The fourth-order valence-corrected chi connectivity index (χ4v) is 2.62. The second-order valence-electron chi connectivity index (χ2n) is 5.10. The average Bonchev–Trinajstić information content (AvgIpc) is 2.56. The highest BCUT2D eigenvalue weighted by Gasteiger charge is 2.31. The Labute approximate surface area is 94.9 Å². The molecule has 1 heterocycles. The smallest absolute Gasteiger partial charge is 0.123 e. The molecule has 1 aliphatic rings. The van der Waals surface area contributed by atoms with Crippen molar-refractivity contribution >= 4 is 16.5 Å². The van der Waals surface area contributed by atoms with Gasteiger partial charge in [0.15, 0.2) is 0 Å². The number of rotatable bonds is 0. The van der Waals surface area contributed by atoms with Crippen LogP contribution in [0.2, 0.25) is 0 Å². The van der Waals surface area contributed by atoms with E-state index in [1.165, 1.54) is 11.3 Å². The summed E-state index contributed by atoms with van der Waals surface area (Å²) in [7, 11) is 0. The summed E-state index contributed by atoms with van der Waals surface area (Å²) in [6.45, 7) is 5.42. The second-order valence-corrected chi connectivity index (χ2v) is 5.10. The van der Waals surface area contributed by atoms with Crippen molar-refractivity contribution in [3.63, 3.8) is 0 Å². The largest absolute Gasteiger partial charge is 0.507 e. The van der Waals surface area contributed by atoms with Gasteiger partial charge in [-0.3, -0.25) is 0 Å². The zero-order valence-electron chi connectivity index (χ0n) is 9.54. The molecule has 0 aliphatic carbocycles. The van der Waals surface area contributed by atoms with Crippen molar-refractivity contribution in [3.05, 3.63) is 35.9 Å². The van der Waals surface area contributed by atoms with E-state index in [2.05, 4.69) is 31.3 Å². The van der Waals surface area contributed by atoms with Crippen molar-refractivity contribution in [1.82, 2.24) is 0 Å². The van der Waals surface area contributed by atoms with E-state index < -0.39 is 0 Å². The molecule has 2 N–H and O–H groups in total. The van der Waals surface area contributed by atoms with Crippen molar-refractivity contribution in [3.8, 4) is 5.75 Å². The van der Waals surface area contributed by atoms with Gasteiger partial charge in [-0.25, -0.2) is 0 Å². The van der Waals surface area contributed by atoms with Crippen molar-refractivity contribution in [2.24, 2.45) is 0 Å². The molecule has 2 aromatic rings. The Morgan fingerprint density at radius 3 is 2.75 bits per heavy atom. The van der Waals surface area contributed by atoms with Gasteiger partial charge in [0.05, 0.1) is 0 Å². The van der Waals surface area contributed by atoms with Crippen LogP contribution in [0.5, 0.6) is 5.75 Å². The molecule has 2 aromatic carbocycles. The predicted octanol–water partition coefficient (Wildman–Crippen LogP) is 3.25. The molecule has 0 unspecified atom stereocenters. The number of nitrogens with one attached hydrogen (secondary N) is 1. The summed E-state index contributed by atoms with van der Waals surface area (Å²) >= 11 is 0. The van der Waals surface area contributed by atoms with Crippen LogP contribution in [-0.4, -0.2) is 11.7 Å². The Morgan fingerprint density at radius 2 is 1.94 bits per heavy atom. The standard InChI is InChI=1S/C14H15NO/c1-14(2)8-15-11-7-6-9-10(13(11)14)4-3-5-12(9)16/h3-7,15-16H,8H2,1-2H3. The normalized spacial score (nSPS) is 17.1. The van der Waals surface area contributed by atoms with E-state index >= 15 is 0 Å². The van der Waals surface area contributed by atoms with Crippen LogP contribution >= 0.6 is 0 Å². The molecule has 0 radical (unpaired) electrons. The number of hydrogen-bond acceptors (Lipinski definition) is 2. The molecule has 2 nitrogen and oxygen atoms in total. The molecule has 82 valence electrons. The minimum absolute atomic E-state index is 0.128. The summed E-state index contributed by atoms with van der Waals surface area (Å²) in [4.78, 5) is 0. The Balaban J connectivity index is 2.45. The number of hydrogen-bond donors (Lipinski definition) is 2. The lowest BCUT2D eigenvalue weighted by molar-refractivity contribution is 0.481. The molecular weight excluding hydrogens is 198 g/mol. The van der Waals surface area contributed by atoms with Gasteiger partial charge in [0.1, 0.15) is 5.75 Å². The molecule has 0 aromatic heterocycles. The minimum Gasteiger partial charge on any atom is -0.507 e. The first-order chi connectivity index (χ1) is 7.59. The molecule has 0 saturated heterocycles. The van der Waals surface area contributed by atoms with Crippen LogP contribution in [0.1, 0.15) is 19.4 Å². The van der Waals surface area contributed by atoms with E-state index in [-0.39, 0.29) is 5.41 Å². The maximum Gasteiger partial charge on any atom is 0.123 e. The summed E-state index contributed by atoms with van der Waals surface area (Å²) in [5.41, 5.74) is 2.65. The van der Waals surface area contributed by atoms with Crippen LogP contribution in [0.25, 0.3) is 10.8 Å². The molecule has 1 aliphatic heterocycles. The first-order valence-corrected chi connectivity index (χ1v) is 5.59. The van der Waals surface area contributed by atoms with E-state index in [9.17, 15) is 5.11 Å². The summed E-state index contributed by atoms with van der Waals surface area (Å²) in [6, 6.07) is 9.78. The Morgan fingerprint density at radius 1 is 1.12 bits per heavy atom. The van der Waals surface area contributed by atoms with Gasteiger partial charge < -0.3 is 10.4 Å². The first kappa shape index (κ1) is 9.52. The maximum absolute atomic E-state index is 9.85. The molecule has 0 fully saturated rings. The van der Waals surface area contributed by atoms with Gasteiger partial charge in [-0.1, -0.05) is 26.0 Å². The summed E-state index contributed by atoms with van der Waals surface area (Å²) in [5, 5.41) is 15.4. The topological polar surface area (TPSA) is 32.3 Å². The number of benzene rings is 2. The Hall–Kier alpha value is -1.70. The van der Waals surface area contributed by atoms with Crippen LogP contribution < -0.4 is 5.32 Å². The lowest BCUT2D eigenvalue weighted by Crippen LogP contribution is -2.19. The van der Waals surface area contributed by atoms with Gasteiger partial charge in [0.25, 0.3) is 0 Å². The number of phenols is 1. The quantitative estimate of drug-likeness (QED) is 0.704. The van der Waals surface area contributed by atoms with Gasteiger partial charge in [0.2, 0.25) is 0 Å². The van der Waals surface area contributed by atoms with Crippen LogP contribution in [0, 0.1) is 0 Å². The van der Waals surface area contributed by atoms with Crippen molar-refractivity contribution in [2.45, 2.75) is 19.3 Å². The Bertz CT molecular complexity index is 572. The van der Waals surface area contributed by atoms with Crippen molar-refractivity contribution in [1.29, 1.82) is 0 Å². The zero-order chi connectivity index (χ0) is 11.3. The fraction of sp³-hybridized carbons (Fsp3) is 0.286. The second kappa shape index (κ2) is 2.91. The van der Waals surface area contributed by atoms with Crippen LogP contribution in [0.4, 0.5) is 5.69 Å². The SMILES string of the molecule is CC1(C)CNc2ccc3c(O)cccc3c21. The summed E-state index contributed by atoms with van der Waals surface area (Å²) in [5.74, 6) is 0.364. The van der Waals surface area contributed by atoms with Crippen LogP contribution in [-0.2, 0) is 5.41 Å². The first-order valence-electron chi connectivity index (χ1n) is 5.59. The van der Waals surface area contributed by atoms with Gasteiger partial charge >= 0.3 is 0 Å². The van der Waals surface area contributed by atoms with Gasteiger partial charge in [-0.2, -0.15) is 0 Å². The van der Waals surface area contributed by atoms with Crippen LogP contribution in [0.3, 0.4) is 0 Å². The van der Waals surface area contributed by atoms with Gasteiger partial charge in [-0.15, -0.1) is 0 Å². The lowest BCUT2D eigenvalue weighted by atomic mass is 9.83. The monoisotopic (exact) mass is 213 g/mol. The van der Waals surface area contributed by atoms with E-state index in [0.29, 0.717) is 5.75 Å². The fourth-order valence-electron chi connectivity index (χ4n) is 2.62. The molecule has 0 saturated carbocycles. The summed E-state index contributed by atoms with van der Waals surface area (Å²) in [6.07, 6.45) is 0. The lowest BCUT2D eigenvalue weighted by Gasteiger charge is -2.19. The zero-order valence-corrected chi connectivity index (χ0v) is 9.54. The molecule has 0 bridgehead atoms. The highest BCUT2D eigenvalue weighted by atomic mass is 16.3. The van der Waals surface area contributed by atoms with E-state index in [1.807, 2.05) is 12.1 Å². The molecule has 0 atom stereocenters. The van der Waals surface area contributed by atoms with Crippen LogP contribution in [0.15, 0.2) is 30.3 Å². The molecule has 2 heteroatoms. The Kier molecular flexibility index (Phi) is 1.73. The minimum atomic E-state index is 0.128. The third kappa shape index (κ3) is 1.13. The highest BCUT2D eigenvalue weighted by Crippen LogP contribution is 2.42. The van der Waals surface area contributed by atoms with Gasteiger partial charge in [-0.05, 0) is 29.1 Å². The molecular formula is C14H15NO. The van der Waals surface area contributed by atoms with Gasteiger partial charge in [0, 0.05) is 23.0 Å². The third-order valence-corrected chi connectivity index (χ3v) is 3.44. The molecule has 3 rings (SSSR count). The molecule has 0 spiro atoms. The summed E-state index contributed by atoms with van der Waals surface area (Å²) < 4.78 is 0. The average molecular weight is 213 g/mol.